The molecule has 3 nitrogen and oxygen atoms in total. The van der Waals surface area contributed by atoms with Crippen molar-refractivity contribution in [2.45, 2.75) is 0 Å². The third-order valence-electron chi connectivity index (χ3n) is 0.167. The molecule has 0 spiro atoms. The molecule has 0 aliphatic rings. The summed E-state index contributed by atoms with van der Waals surface area (Å²) in [6.07, 6.45) is -1.15. The average molecular weight is 155 g/mol. The van der Waals surface area contributed by atoms with Crippen molar-refractivity contribution in [2.24, 2.45) is 4.36 Å². The van der Waals surface area contributed by atoms with Crippen LogP contribution in [0.25, 0.3) is 0 Å². The van der Waals surface area contributed by atoms with Gasteiger partial charge in [0.2, 0.25) is 0 Å². The van der Waals surface area contributed by atoms with Crippen molar-refractivity contribution in [3.63, 3.8) is 0 Å². The summed E-state index contributed by atoms with van der Waals surface area (Å²) in [7, 11) is 0.418. The number of hydrogen-bond acceptors (Lipinski definition) is 2. The van der Waals surface area contributed by atoms with E-state index in [4.69, 9.17) is 5.11 Å². The first-order valence-electron chi connectivity index (χ1n) is 1.23. The SMILES string of the molecule is O=C(O)N=[SH]#P=S. The van der Waals surface area contributed by atoms with Crippen molar-refractivity contribution in [1.29, 1.82) is 0 Å². The van der Waals surface area contributed by atoms with E-state index < -0.39 is 6.09 Å². The molecule has 1 N–H and O–H groups in total. The van der Waals surface area contributed by atoms with Gasteiger partial charge in [-0.05, 0) is 0 Å². The average Bonchev–Trinajstić information content (AvgIpc) is 1.61. The summed E-state index contributed by atoms with van der Waals surface area (Å²) in [5.41, 5.74) is 0. The molecule has 6 heteroatoms. The third-order valence-corrected chi connectivity index (χ3v) is 1.65. The minimum atomic E-state index is -1.15. The molecule has 0 radical (unpaired) electrons. The molecule has 0 atom stereocenters. The summed E-state index contributed by atoms with van der Waals surface area (Å²) in [5.74, 6) is 0.548. The van der Waals surface area contributed by atoms with E-state index in [1.54, 1.807) is 0 Å². The van der Waals surface area contributed by atoms with E-state index in [1.165, 1.54) is 0 Å². The van der Waals surface area contributed by atoms with E-state index in [-0.39, 0.29) is 0 Å². The number of thiol groups is 1. The van der Waals surface area contributed by atoms with E-state index in [0.29, 0.717) is 16.5 Å². The molecule has 0 aromatic rings. The predicted molar refractivity (Wildman–Crippen MR) is 33.5 cm³/mol. The molecule has 0 aromatic carbocycles. The van der Waals surface area contributed by atoms with Crippen molar-refractivity contribution < 1.29 is 9.90 Å². The number of carboxylic acid groups (broad SMARTS) is 1. The van der Waals surface area contributed by atoms with Crippen LogP contribution in [0.1, 0.15) is 0 Å². The Morgan fingerprint density at radius 2 is 2.57 bits per heavy atom. The van der Waals surface area contributed by atoms with Crippen molar-refractivity contribution in [3.05, 3.63) is 0 Å². The van der Waals surface area contributed by atoms with E-state index in [9.17, 15) is 4.79 Å². The Hall–Kier alpha value is 0.140. The van der Waals surface area contributed by atoms with Gasteiger partial charge in [0.05, 0.1) is 0 Å². The Bertz CT molecular complexity index is 206. The Morgan fingerprint density at radius 1 is 2.00 bits per heavy atom. The summed E-state index contributed by atoms with van der Waals surface area (Å²) in [4.78, 5) is 9.53. The molecule has 0 aliphatic heterocycles. The van der Waals surface area contributed by atoms with E-state index in [1.807, 2.05) is 0 Å². The fraction of sp³-hybridized carbons (Fsp3) is 0. The van der Waals surface area contributed by atoms with Gasteiger partial charge >= 0.3 is 48.6 Å². The van der Waals surface area contributed by atoms with Gasteiger partial charge < -0.3 is 0 Å². The molecule has 7 heavy (non-hydrogen) atoms. The first-order valence-corrected chi connectivity index (χ1v) is 4.69. The van der Waals surface area contributed by atoms with Crippen molar-refractivity contribution >= 4 is 34.4 Å². The summed E-state index contributed by atoms with van der Waals surface area (Å²) in [6.45, 7) is 0. The van der Waals surface area contributed by atoms with Crippen LogP contribution in [0, 0.1) is 0 Å². The zero-order valence-electron chi connectivity index (χ0n) is 3.11. The van der Waals surface area contributed by atoms with Crippen LogP contribution < -0.4 is 0 Å². The standard InChI is InChI=1S/CH2NO2PS2/c3-1(4)2-7-5-6/h7H,(H,3,4). The number of carbonyl (C=O) groups is 1. The second kappa shape index (κ2) is 4.30. The Balaban J connectivity index is 4.16. The van der Waals surface area contributed by atoms with Gasteiger partial charge in [-0.3, -0.25) is 0 Å². The van der Waals surface area contributed by atoms with Gasteiger partial charge in [-0.25, -0.2) is 0 Å². The van der Waals surface area contributed by atoms with Crippen LogP contribution in [-0.4, -0.2) is 11.2 Å². The Labute approximate surface area is 49.2 Å². The molecule has 0 aliphatic carbocycles. The molecule has 0 unspecified atom stereocenters. The van der Waals surface area contributed by atoms with Gasteiger partial charge in [-0.15, -0.1) is 0 Å². The molecular formula is CH2NO2PS2. The zero-order chi connectivity index (χ0) is 5.70. The van der Waals surface area contributed by atoms with Crippen LogP contribution in [0.4, 0.5) is 4.79 Å². The fourth-order valence-electron chi connectivity index (χ4n) is 0.0565. The van der Waals surface area contributed by atoms with Gasteiger partial charge in [0, 0.05) is 0 Å². The van der Waals surface area contributed by atoms with E-state index >= 15 is 0 Å². The maximum absolute atomic E-state index is 9.53. The zero-order valence-corrected chi connectivity index (χ0v) is 5.71. The van der Waals surface area contributed by atoms with Crippen LogP contribution in [-0.2, 0) is 22.3 Å². The van der Waals surface area contributed by atoms with Gasteiger partial charge in [-0.1, -0.05) is 0 Å². The van der Waals surface area contributed by atoms with E-state index in [0.717, 1.165) is 0 Å². The number of rotatable bonds is 0. The molecule has 0 heterocycles. The molecule has 0 rings (SSSR count). The van der Waals surface area contributed by atoms with Crippen LogP contribution >= 0.6 is 5.93 Å². The van der Waals surface area contributed by atoms with Crippen molar-refractivity contribution in [1.82, 2.24) is 0 Å². The van der Waals surface area contributed by atoms with E-state index in [2.05, 4.69) is 16.2 Å². The van der Waals surface area contributed by atoms with Crippen LogP contribution in [0.5, 0.6) is 0 Å². The molecular weight excluding hydrogens is 153 g/mol. The first-order chi connectivity index (χ1) is 3.27. The summed E-state index contributed by atoms with van der Waals surface area (Å²) in [5, 5.41) is 7.82. The molecule has 0 fully saturated rings. The summed E-state index contributed by atoms with van der Waals surface area (Å²) >= 11 is 4.37. The topological polar surface area (TPSA) is 49.7 Å². The molecule has 0 saturated heterocycles. The molecule has 0 saturated carbocycles. The van der Waals surface area contributed by atoms with Crippen LogP contribution in [0.3, 0.4) is 0 Å². The van der Waals surface area contributed by atoms with Gasteiger partial charge in [0.15, 0.2) is 0 Å². The first kappa shape index (κ1) is 7.14. The summed E-state index contributed by atoms with van der Waals surface area (Å²) in [6, 6.07) is 0. The van der Waals surface area contributed by atoms with Gasteiger partial charge in [-0.2, -0.15) is 0 Å². The number of amides is 1. The second-order valence-corrected chi connectivity index (χ2v) is 3.59. The second-order valence-electron chi connectivity index (χ2n) is 0.554. The van der Waals surface area contributed by atoms with Crippen molar-refractivity contribution in [3.8, 4) is 0 Å². The third kappa shape index (κ3) is 6.14. The normalized spacial score (nSPS) is 6.86. The molecule has 1 amide bonds. The molecule has 0 bridgehead atoms. The number of hydrogen-bond donors (Lipinski definition) is 2. The fourth-order valence-corrected chi connectivity index (χ4v) is 0.837. The van der Waals surface area contributed by atoms with Crippen molar-refractivity contribution in [2.75, 3.05) is 0 Å². The van der Waals surface area contributed by atoms with Crippen LogP contribution in [0.15, 0.2) is 4.36 Å². The summed E-state index contributed by atoms with van der Waals surface area (Å²) < 4.78 is 3.02. The molecule has 40 valence electrons. The Morgan fingerprint density at radius 3 is 2.71 bits per heavy atom. The minimum absolute atomic E-state index is 0.418. The monoisotopic (exact) mass is 155 g/mol. The molecule has 0 aromatic heterocycles. The van der Waals surface area contributed by atoms with Gasteiger partial charge in [0.25, 0.3) is 0 Å². The van der Waals surface area contributed by atoms with Gasteiger partial charge in [0.1, 0.15) is 0 Å². The maximum atomic E-state index is 9.53. The Kier molecular flexibility index (Phi) is 4.39. The number of nitrogens with zero attached hydrogens (tertiary/aromatic N) is 1. The quantitative estimate of drug-likeness (QED) is 0.405. The van der Waals surface area contributed by atoms with Crippen LogP contribution in [0.2, 0.25) is 0 Å². The predicted octanol–water partition coefficient (Wildman–Crippen LogP) is 0.986.